The summed E-state index contributed by atoms with van der Waals surface area (Å²) in [6, 6.07) is 0.201. The van der Waals surface area contributed by atoms with E-state index >= 15 is 0 Å². The van der Waals surface area contributed by atoms with E-state index < -0.39 is 0 Å². The first-order valence-electron chi connectivity index (χ1n) is 5.97. The number of amides is 1. The first-order valence-corrected chi connectivity index (χ1v) is 5.97. The molecule has 1 amide bonds. The molecule has 5 nitrogen and oxygen atoms in total. The van der Waals surface area contributed by atoms with Crippen molar-refractivity contribution in [2.45, 2.75) is 31.7 Å². The van der Waals surface area contributed by atoms with Gasteiger partial charge in [0.1, 0.15) is 5.69 Å². The molecule has 2 N–H and O–H groups in total. The van der Waals surface area contributed by atoms with Crippen molar-refractivity contribution in [2.24, 2.45) is 5.92 Å². The standard InChI is InChI=1S/C12H17N3O2/c16-8-9-1-3-10(4-2-9)15-12(17)11-7-13-5-6-14-11/h5-7,9-10,16H,1-4,8H2,(H,15,17). The van der Waals surface area contributed by atoms with Crippen LogP contribution < -0.4 is 5.32 Å². The van der Waals surface area contributed by atoms with E-state index in [-0.39, 0.29) is 18.6 Å². The van der Waals surface area contributed by atoms with Gasteiger partial charge in [-0.2, -0.15) is 0 Å². The second kappa shape index (κ2) is 5.72. The molecule has 0 aliphatic heterocycles. The van der Waals surface area contributed by atoms with E-state index in [9.17, 15) is 4.79 Å². The van der Waals surface area contributed by atoms with E-state index in [0.29, 0.717) is 11.6 Å². The van der Waals surface area contributed by atoms with Crippen LogP contribution in [0.3, 0.4) is 0 Å². The molecule has 0 spiro atoms. The lowest BCUT2D eigenvalue weighted by Gasteiger charge is -2.27. The predicted octanol–water partition coefficient (Wildman–Crippen LogP) is 0.757. The van der Waals surface area contributed by atoms with Gasteiger partial charge in [0.2, 0.25) is 0 Å². The number of nitrogens with zero attached hydrogens (tertiary/aromatic N) is 2. The molecular weight excluding hydrogens is 218 g/mol. The quantitative estimate of drug-likeness (QED) is 0.811. The van der Waals surface area contributed by atoms with Gasteiger partial charge in [-0.25, -0.2) is 4.98 Å². The molecule has 92 valence electrons. The van der Waals surface area contributed by atoms with Crippen LogP contribution in [0.1, 0.15) is 36.2 Å². The molecule has 1 heterocycles. The minimum atomic E-state index is -0.162. The zero-order chi connectivity index (χ0) is 12.1. The maximum atomic E-state index is 11.8. The van der Waals surface area contributed by atoms with Gasteiger partial charge in [-0.1, -0.05) is 0 Å². The Balaban J connectivity index is 1.84. The highest BCUT2D eigenvalue weighted by atomic mass is 16.3. The summed E-state index contributed by atoms with van der Waals surface area (Å²) < 4.78 is 0. The summed E-state index contributed by atoms with van der Waals surface area (Å²) in [7, 11) is 0. The van der Waals surface area contributed by atoms with Crippen LogP contribution in [-0.2, 0) is 0 Å². The number of aliphatic hydroxyl groups is 1. The topological polar surface area (TPSA) is 75.1 Å². The Hall–Kier alpha value is -1.49. The monoisotopic (exact) mass is 235 g/mol. The lowest BCUT2D eigenvalue weighted by Crippen LogP contribution is -2.38. The summed E-state index contributed by atoms with van der Waals surface area (Å²) in [4.78, 5) is 19.6. The molecule has 1 saturated carbocycles. The van der Waals surface area contributed by atoms with E-state index in [0.717, 1.165) is 25.7 Å². The average Bonchev–Trinajstić information content (AvgIpc) is 2.40. The van der Waals surface area contributed by atoms with Crippen LogP contribution in [0.15, 0.2) is 18.6 Å². The molecule has 0 bridgehead atoms. The fourth-order valence-corrected chi connectivity index (χ4v) is 2.17. The van der Waals surface area contributed by atoms with Crippen LogP contribution in [0, 0.1) is 5.92 Å². The Kier molecular flexibility index (Phi) is 4.03. The molecule has 1 fully saturated rings. The maximum Gasteiger partial charge on any atom is 0.271 e. The van der Waals surface area contributed by atoms with E-state index in [1.54, 1.807) is 6.20 Å². The predicted molar refractivity (Wildman–Crippen MR) is 62.3 cm³/mol. The third kappa shape index (κ3) is 3.23. The van der Waals surface area contributed by atoms with Gasteiger partial charge in [0, 0.05) is 25.0 Å². The third-order valence-electron chi connectivity index (χ3n) is 3.24. The number of aliphatic hydroxyl groups excluding tert-OH is 1. The SMILES string of the molecule is O=C(NC1CCC(CO)CC1)c1cnccn1. The van der Waals surface area contributed by atoms with Crippen LogP contribution in [0.5, 0.6) is 0 Å². The number of hydrogen-bond acceptors (Lipinski definition) is 4. The van der Waals surface area contributed by atoms with Gasteiger partial charge in [-0.3, -0.25) is 9.78 Å². The van der Waals surface area contributed by atoms with Crippen molar-refractivity contribution >= 4 is 5.91 Å². The maximum absolute atomic E-state index is 11.8. The summed E-state index contributed by atoms with van der Waals surface area (Å²) in [6.07, 6.45) is 8.33. The molecule has 0 saturated heterocycles. The lowest BCUT2D eigenvalue weighted by molar-refractivity contribution is 0.0908. The summed E-state index contributed by atoms with van der Waals surface area (Å²) in [6.45, 7) is 0.255. The molecule has 1 aromatic rings. The van der Waals surface area contributed by atoms with Gasteiger partial charge < -0.3 is 10.4 Å². The first kappa shape index (κ1) is 12.0. The van der Waals surface area contributed by atoms with Crippen LogP contribution in [-0.4, -0.2) is 33.6 Å². The second-order valence-electron chi connectivity index (χ2n) is 4.46. The van der Waals surface area contributed by atoms with Gasteiger partial charge in [0.25, 0.3) is 5.91 Å². The Bertz CT molecular complexity index is 361. The van der Waals surface area contributed by atoms with Crippen molar-refractivity contribution in [3.8, 4) is 0 Å². The number of carbonyl (C=O) groups excluding carboxylic acids is 1. The number of hydrogen-bond donors (Lipinski definition) is 2. The summed E-state index contributed by atoms with van der Waals surface area (Å²) in [5.74, 6) is 0.241. The number of nitrogens with one attached hydrogen (secondary N) is 1. The van der Waals surface area contributed by atoms with Gasteiger partial charge >= 0.3 is 0 Å². The number of rotatable bonds is 3. The molecule has 1 aliphatic carbocycles. The van der Waals surface area contributed by atoms with Crippen molar-refractivity contribution in [3.05, 3.63) is 24.3 Å². The molecule has 0 atom stereocenters. The van der Waals surface area contributed by atoms with Gasteiger partial charge in [0.15, 0.2) is 0 Å². The third-order valence-corrected chi connectivity index (χ3v) is 3.24. The molecule has 2 rings (SSSR count). The minimum absolute atomic E-state index is 0.162. The van der Waals surface area contributed by atoms with Gasteiger partial charge in [0.05, 0.1) is 6.20 Å². The van der Waals surface area contributed by atoms with Crippen LogP contribution in [0.2, 0.25) is 0 Å². The Morgan fingerprint density at radius 3 is 2.71 bits per heavy atom. The molecule has 5 heteroatoms. The largest absolute Gasteiger partial charge is 0.396 e. The highest BCUT2D eigenvalue weighted by Crippen LogP contribution is 2.23. The van der Waals surface area contributed by atoms with E-state index in [1.807, 2.05) is 0 Å². The molecule has 0 aromatic carbocycles. The van der Waals surface area contributed by atoms with Gasteiger partial charge in [-0.05, 0) is 31.6 Å². The van der Waals surface area contributed by atoms with Crippen LogP contribution in [0.4, 0.5) is 0 Å². The molecule has 1 aliphatic rings. The fourth-order valence-electron chi connectivity index (χ4n) is 2.17. The van der Waals surface area contributed by atoms with Crippen molar-refractivity contribution < 1.29 is 9.90 Å². The highest BCUT2D eigenvalue weighted by Gasteiger charge is 2.22. The molecule has 0 radical (unpaired) electrons. The fraction of sp³-hybridized carbons (Fsp3) is 0.583. The van der Waals surface area contributed by atoms with E-state index in [1.165, 1.54) is 12.4 Å². The Labute approximate surface area is 100 Å². The van der Waals surface area contributed by atoms with Crippen molar-refractivity contribution in [1.29, 1.82) is 0 Å². The van der Waals surface area contributed by atoms with Crippen molar-refractivity contribution in [1.82, 2.24) is 15.3 Å². The zero-order valence-electron chi connectivity index (χ0n) is 9.67. The molecular formula is C12H17N3O2. The summed E-state index contributed by atoms with van der Waals surface area (Å²) in [5, 5.41) is 12.0. The molecule has 17 heavy (non-hydrogen) atoms. The summed E-state index contributed by atoms with van der Waals surface area (Å²) >= 11 is 0. The molecule has 1 aromatic heterocycles. The van der Waals surface area contributed by atoms with Gasteiger partial charge in [-0.15, -0.1) is 0 Å². The normalized spacial score (nSPS) is 24.3. The lowest BCUT2D eigenvalue weighted by atomic mass is 9.86. The first-order chi connectivity index (χ1) is 8.29. The smallest absolute Gasteiger partial charge is 0.271 e. The Morgan fingerprint density at radius 2 is 2.12 bits per heavy atom. The second-order valence-corrected chi connectivity index (χ2v) is 4.46. The van der Waals surface area contributed by atoms with Crippen molar-refractivity contribution in [2.75, 3.05) is 6.61 Å². The van der Waals surface area contributed by atoms with Crippen molar-refractivity contribution in [3.63, 3.8) is 0 Å². The minimum Gasteiger partial charge on any atom is -0.396 e. The van der Waals surface area contributed by atoms with E-state index in [2.05, 4.69) is 15.3 Å². The molecule has 0 unspecified atom stereocenters. The Morgan fingerprint density at radius 1 is 1.35 bits per heavy atom. The number of aromatic nitrogens is 2. The zero-order valence-corrected chi connectivity index (χ0v) is 9.67. The van der Waals surface area contributed by atoms with E-state index in [4.69, 9.17) is 5.11 Å². The summed E-state index contributed by atoms with van der Waals surface area (Å²) in [5.41, 5.74) is 0.358. The number of carbonyl (C=O) groups is 1. The average molecular weight is 235 g/mol. The van der Waals surface area contributed by atoms with Crippen LogP contribution >= 0.6 is 0 Å². The van der Waals surface area contributed by atoms with Crippen LogP contribution in [0.25, 0.3) is 0 Å². The highest BCUT2D eigenvalue weighted by molar-refractivity contribution is 5.92.